The van der Waals surface area contributed by atoms with Crippen molar-refractivity contribution in [2.24, 2.45) is 0 Å². The van der Waals surface area contributed by atoms with Crippen LogP contribution in [0.1, 0.15) is 29.3 Å². The van der Waals surface area contributed by atoms with Crippen molar-refractivity contribution in [2.75, 3.05) is 31.5 Å². The second kappa shape index (κ2) is 8.63. The van der Waals surface area contributed by atoms with Gasteiger partial charge in [0.25, 0.3) is 5.91 Å². The first-order valence-corrected chi connectivity index (χ1v) is 9.11. The predicted molar refractivity (Wildman–Crippen MR) is 103 cm³/mol. The van der Waals surface area contributed by atoms with Gasteiger partial charge < -0.3 is 10.2 Å². The molecule has 1 aliphatic rings. The maximum Gasteiger partial charge on any atom is 0.253 e. The zero-order valence-electron chi connectivity index (χ0n) is 15.1. The molecule has 26 heavy (non-hydrogen) atoms. The minimum atomic E-state index is -0.0291. The van der Waals surface area contributed by atoms with E-state index in [0.717, 1.165) is 38.4 Å². The summed E-state index contributed by atoms with van der Waals surface area (Å²) in [5, 5.41) is 2.80. The SMILES string of the molecule is CCC(=O)Nc1ccc(C(=O)N2CCN(Cc3ccccc3)CC2)cc1. The number of nitrogens with one attached hydrogen (secondary N) is 1. The van der Waals surface area contributed by atoms with Gasteiger partial charge in [0, 0.05) is 50.4 Å². The van der Waals surface area contributed by atoms with E-state index >= 15 is 0 Å². The molecular weight excluding hydrogens is 326 g/mol. The van der Waals surface area contributed by atoms with E-state index in [0.29, 0.717) is 12.0 Å². The van der Waals surface area contributed by atoms with Gasteiger partial charge in [-0.3, -0.25) is 14.5 Å². The smallest absolute Gasteiger partial charge is 0.253 e. The van der Waals surface area contributed by atoms with E-state index < -0.39 is 0 Å². The molecule has 0 spiro atoms. The van der Waals surface area contributed by atoms with Crippen molar-refractivity contribution in [1.29, 1.82) is 0 Å². The van der Waals surface area contributed by atoms with Crippen LogP contribution in [0.2, 0.25) is 0 Å². The summed E-state index contributed by atoms with van der Waals surface area (Å²) in [4.78, 5) is 28.4. The van der Waals surface area contributed by atoms with Gasteiger partial charge in [0.2, 0.25) is 5.91 Å². The van der Waals surface area contributed by atoms with Crippen LogP contribution in [0.4, 0.5) is 5.69 Å². The molecule has 0 radical (unpaired) electrons. The molecule has 0 aromatic heterocycles. The molecule has 1 heterocycles. The molecule has 0 atom stereocenters. The minimum Gasteiger partial charge on any atom is -0.336 e. The maximum absolute atomic E-state index is 12.7. The van der Waals surface area contributed by atoms with Gasteiger partial charge in [0.05, 0.1) is 0 Å². The van der Waals surface area contributed by atoms with Gasteiger partial charge in [-0.2, -0.15) is 0 Å². The van der Waals surface area contributed by atoms with Crippen LogP contribution < -0.4 is 5.32 Å². The number of carbonyl (C=O) groups excluding carboxylic acids is 2. The number of amides is 2. The van der Waals surface area contributed by atoms with E-state index in [2.05, 4.69) is 34.5 Å². The highest BCUT2D eigenvalue weighted by Gasteiger charge is 2.22. The standard InChI is InChI=1S/C21H25N3O2/c1-2-20(25)22-19-10-8-18(9-11-19)21(26)24-14-12-23(13-15-24)16-17-6-4-3-5-7-17/h3-11H,2,12-16H2,1H3,(H,22,25). The Bertz CT molecular complexity index is 736. The third-order valence-corrected chi connectivity index (χ3v) is 4.65. The zero-order chi connectivity index (χ0) is 18.4. The van der Waals surface area contributed by atoms with Crippen LogP contribution in [0.5, 0.6) is 0 Å². The van der Waals surface area contributed by atoms with Gasteiger partial charge in [-0.15, -0.1) is 0 Å². The fourth-order valence-corrected chi connectivity index (χ4v) is 3.08. The lowest BCUT2D eigenvalue weighted by Crippen LogP contribution is -2.48. The summed E-state index contributed by atoms with van der Waals surface area (Å²) in [6.07, 6.45) is 0.438. The third-order valence-electron chi connectivity index (χ3n) is 4.65. The van der Waals surface area contributed by atoms with Crippen molar-refractivity contribution >= 4 is 17.5 Å². The topological polar surface area (TPSA) is 52.7 Å². The average Bonchev–Trinajstić information content (AvgIpc) is 2.69. The van der Waals surface area contributed by atoms with Gasteiger partial charge in [-0.25, -0.2) is 0 Å². The number of nitrogens with zero attached hydrogens (tertiary/aromatic N) is 2. The lowest BCUT2D eigenvalue weighted by Gasteiger charge is -2.34. The van der Waals surface area contributed by atoms with Crippen LogP contribution in [0.25, 0.3) is 0 Å². The molecule has 2 aromatic carbocycles. The van der Waals surface area contributed by atoms with E-state index in [4.69, 9.17) is 0 Å². The molecule has 1 fully saturated rings. The molecule has 1 aliphatic heterocycles. The van der Waals surface area contributed by atoms with Crippen LogP contribution >= 0.6 is 0 Å². The summed E-state index contributed by atoms with van der Waals surface area (Å²) < 4.78 is 0. The molecule has 0 saturated carbocycles. The fourth-order valence-electron chi connectivity index (χ4n) is 3.08. The van der Waals surface area contributed by atoms with E-state index in [1.54, 1.807) is 24.3 Å². The quantitative estimate of drug-likeness (QED) is 0.901. The second-order valence-electron chi connectivity index (χ2n) is 6.53. The summed E-state index contributed by atoms with van der Waals surface area (Å²) in [5.74, 6) is 0.0244. The molecular formula is C21H25N3O2. The third kappa shape index (κ3) is 4.70. The van der Waals surface area contributed by atoms with Gasteiger partial charge in [0.15, 0.2) is 0 Å². The minimum absolute atomic E-state index is 0.0291. The molecule has 2 aromatic rings. The highest BCUT2D eigenvalue weighted by Crippen LogP contribution is 2.14. The summed E-state index contributed by atoms with van der Waals surface area (Å²) in [5.41, 5.74) is 2.69. The summed E-state index contributed by atoms with van der Waals surface area (Å²) in [7, 11) is 0. The highest BCUT2D eigenvalue weighted by atomic mass is 16.2. The number of hydrogen-bond acceptors (Lipinski definition) is 3. The summed E-state index contributed by atoms with van der Waals surface area (Å²) in [6.45, 7) is 5.97. The molecule has 0 bridgehead atoms. The normalized spacial score (nSPS) is 14.9. The number of piperazine rings is 1. The van der Waals surface area contributed by atoms with Gasteiger partial charge in [-0.1, -0.05) is 37.3 Å². The van der Waals surface area contributed by atoms with Crippen LogP contribution in [0.15, 0.2) is 54.6 Å². The summed E-state index contributed by atoms with van der Waals surface area (Å²) in [6, 6.07) is 17.5. The molecule has 136 valence electrons. The molecule has 2 amide bonds. The van der Waals surface area contributed by atoms with Crippen molar-refractivity contribution in [1.82, 2.24) is 9.80 Å². The molecule has 5 nitrogen and oxygen atoms in total. The van der Waals surface area contributed by atoms with Gasteiger partial charge in [0.1, 0.15) is 0 Å². The molecule has 0 aliphatic carbocycles. The van der Waals surface area contributed by atoms with Crippen molar-refractivity contribution in [3.05, 3.63) is 65.7 Å². The van der Waals surface area contributed by atoms with Crippen molar-refractivity contribution in [2.45, 2.75) is 19.9 Å². The van der Waals surface area contributed by atoms with Crippen LogP contribution in [-0.4, -0.2) is 47.8 Å². The molecule has 1 N–H and O–H groups in total. The molecule has 0 unspecified atom stereocenters. The largest absolute Gasteiger partial charge is 0.336 e. The lowest BCUT2D eigenvalue weighted by molar-refractivity contribution is -0.115. The monoisotopic (exact) mass is 351 g/mol. The molecule has 3 rings (SSSR count). The first-order chi connectivity index (χ1) is 12.7. The average molecular weight is 351 g/mol. The Morgan fingerprint density at radius 3 is 2.19 bits per heavy atom. The number of hydrogen-bond donors (Lipinski definition) is 1. The first kappa shape index (κ1) is 18.1. The second-order valence-corrected chi connectivity index (χ2v) is 6.53. The molecule has 5 heteroatoms. The fraction of sp³-hybridized carbons (Fsp3) is 0.333. The number of rotatable bonds is 5. The van der Waals surface area contributed by atoms with Crippen LogP contribution in [0, 0.1) is 0 Å². The maximum atomic E-state index is 12.7. The van der Waals surface area contributed by atoms with Crippen LogP contribution in [-0.2, 0) is 11.3 Å². The van der Waals surface area contributed by atoms with E-state index in [9.17, 15) is 9.59 Å². The highest BCUT2D eigenvalue weighted by molar-refractivity contribution is 5.95. The van der Waals surface area contributed by atoms with Crippen molar-refractivity contribution in [3.8, 4) is 0 Å². The Morgan fingerprint density at radius 2 is 1.58 bits per heavy atom. The lowest BCUT2D eigenvalue weighted by atomic mass is 10.1. The predicted octanol–water partition coefficient (Wildman–Crippen LogP) is 2.99. The Morgan fingerprint density at radius 1 is 0.923 bits per heavy atom. The van der Waals surface area contributed by atoms with E-state index in [1.165, 1.54) is 5.56 Å². The van der Waals surface area contributed by atoms with Crippen molar-refractivity contribution < 1.29 is 9.59 Å². The number of benzene rings is 2. The van der Waals surface area contributed by atoms with Gasteiger partial charge in [-0.05, 0) is 29.8 Å². The van der Waals surface area contributed by atoms with Crippen molar-refractivity contribution in [3.63, 3.8) is 0 Å². The Labute approximate surface area is 154 Å². The first-order valence-electron chi connectivity index (χ1n) is 9.11. The zero-order valence-corrected chi connectivity index (χ0v) is 15.1. The van der Waals surface area contributed by atoms with E-state index in [-0.39, 0.29) is 11.8 Å². The number of carbonyl (C=O) groups is 2. The van der Waals surface area contributed by atoms with Gasteiger partial charge >= 0.3 is 0 Å². The van der Waals surface area contributed by atoms with Crippen LogP contribution in [0.3, 0.4) is 0 Å². The van der Waals surface area contributed by atoms with E-state index in [1.807, 2.05) is 17.9 Å². The summed E-state index contributed by atoms with van der Waals surface area (Å²) >= 11 is 0. The Hall–Kier alpha value is -2.66. The Balaban J connectivity index is 1.52. The Kier molecular flexibility index (Phi) is 6.02. The molecule has 1 saturated heterocycles. The number of anilines is 1.